The number of halogens is 1. The van der Waals surface area contributed by atoms with Crippen LogP contribution in [0.15, 0.2) is 72.5 Å². The van der Waals surface area contributed by atoms with Crippen molar-refractivity contribution in [1.82, 2.24) is 4.57 Å². The number of ketones is 1. The fraction of sp³-hybridized carbons (Fsp3) is 0.136. The lowest BCUT2D eigenvalue weighted by Crippen LogP contribution is -1.95. The molecule has 0 aliphatic heterocycles. The third-order valence-electron chi connectivity index (χ3n) is 4.07. The zero-order valence-electron chi connectivity index (χ0n) is 14.4. The van der Waals surface area contributed by atoms with Crippen LogP contribution in [0.5, 0.6) is 0 Å². The van der Waals surface area contributed by atoms with Gasteiger partial charge in [0.05, 0.1) is 0 Å². The molecule has 0 radical (unpaired) electrons. The standard InChI is InChI=1S/C22H20FNO/c1-16(2)13-14-24-15-19(18-8-4-6-10-21(18)24)22(25)12-11-17-7-3-5-9-20(17)23/h3-13,15H,14H2,1-2H3/b12-11+. The lowest BCUT2D eigenvalue weighted by molar-refractivity contribution is 0.104. The Hall–Kier alpha value is -2.94. The minimum Gasteiger partial charge on any atom is -0.343 e. The Labute approximate surface area is 146 Å². The average Bonchev–Trinajstić information content (AvgIpc) is 2.98. The van der Waals surface area contributed by atoms with Gasteiger partial charge in [0.1, 0.15) is 5.82 Å². The van der Waals surface area contributed by atoms with Gasteiger partial charge in [-0.25, -0.2) is 4.39 Å². The van der Waals surface area contributed by atoms with Crippen LogP contribution in [-0.2, 0) is 6.54 Å². The van der Waals surface area contributed by atoms with E-state index in [0.29, 0.717) is 17.7 Å². The van der Waals surface area contributed by atoms with Gasteiger partial charge in [-0.15, -0.1) is 0 Å². The van der Waals surface area contributed by atoms with Crippen LogP contribution < -0.4 is 0 Å². The fourth-order valence-corrected chi connectivity index (χ4v) is 2.74. The second kappa shape index (κ2) is 7.31. The van der Waals surface area contributed by atoms with E-state index in [1.54, 1.807) is 18.2 Å². The summed E-state index contributed by atoms with van der Waals surface area (Å²) in [6.45, 7) is 4.82. The summed E-state index contributed by atoms with van der Waals surface area (Å²) in [7, 11) is 0. The zero-order chi connectivity index (χ0) is 17.8. The summed E-state index contributed by atoms with van der Waals surface area (Å²) in [5.74, 6) is -0.465. The molecule has 0 N–H and O–H groups in total. The fourth-order valence-electron chi connectivity index (χ4n) is 2.74. The van der Waals surface area contributed by atoms with E-state index in [2.05, 4.69) is 24.5 Å². The van der Waals surface area contributed by atoms with Crippen molar-refractivity contribution in [2.75, 3.05) is 0 Å². The number of carbonyl (C=O) groups is 1. The molecule has 2 nitrogen and oxygen atoms in total. The number of nitrogens with zero attached hydrogens (tertiary/aromatic N) is 1. The smallest absolute Gasteiger partial charge is 0.188 e. The van der Waals surface area contributed by atoms with Crippen LogP contribution in [0.25, 0.3) is 17.0 Å². The van der Waals surface area contributed by atoms with Gasteiger partial charge in [0.2, 0.25) is 0 Å². The number of hydrogen-bond donors (Lipinski definition) is 0. The highest BCUT2D eigenvalue weighted by Crippen LogP contribution is 2.23. The van der Waals surface area contributed by atoms with E-state index in [1.165, 1.54) is 23.8 Å². The first kappa shape index (κ1) is 16.9. The number of carbonyl (C=O) groups excluding carboxylic acids is 1. The zero-order valence-corrected chi connectivity index (χ0v) is 14.4. The van der Waals surface area contributed by atoms with Crippen LogP contribution in [-0.4, -0.2) is 10.4 Å². The third-order valence-corrected chi connectivity index (χ3v) is 4.07. The Balaban J connectivity index is 1.96. The normalized spacial score (nSPS) is 11.2. The number of rotatable bonds is 5. The van der Waals surface area contributed by atoms with Gasteiger partial charge in [0, 0.05) is 34.8 Å². The molecule has 0 fully saturated rings. The lowest BCUT2D eigenvalue weighted by Gasteiger charge is -2.01. The highest BCUT2D eigenvalue weighted by molar-refractivity contribution is 6.14. The molecule has 0 unspecified atom stereocenters. The second-order valence-electron chi connectivity index (χ2n) is 6.21. The molecule has 25 heavy (non-hydrogen) atoms. The van der Waals surface area contributed by atoms with Gasteiger partial charge in [0.25, 0.3) is 0 Å². The number of aromatic nitrogens is 1. The van der Waals surface area contributed by atoms with Crippen LogP contribution in [0, 0.1) is 5.82 Å². The number of benzene rings is 2. The van der Waals surface area contributed by atoms with Gasteiger partial charge in [-0.1, -0.05) is 48.0 Å². The van der Waals surface area contributed by atoms with E-state index in [4.69, 9.17) is 0 Å². The minimum absolute atomic E-state index is 0.129. The predicted octanol–water partition coefficient (Wildman–Crippen LogP) is 5.64. The number of fused-ring (bicyclic) bond motifs is 1. The molecule has 0 saturated carbocycles. The largest absolute Gasteiger partial charge is 0.343 e. The van der Waals surface area contributed by atoms with E-state index >= 15 is 0 Å². The first-order valence-corrected chi connectivity index (χ1v) is 8.24. The van der Waals surface area contributed by atoms with Crippen molar-refractivity contribution in [3.05, 3.63) is 89.4 Å². The van der Waals surface area contributed by atoms with Crippen molar-refractivity contribution in [2.45, 2.75) is 20.4 Å². The van der Waals surface area contributed by atoms with Gasteiger partial charge >= 0.3 is 0 Å². The molecule has 0 atom stereocenters. The van der Waals surface area contributed by atoms with E-state index < -0.39 is 0 Å². The number of allylic oxidation sites excluding steroid dienone is 3. The average molecular weight is 333 g/mol. The molecular weight excluding hydrogens is 313 g/mol. The molecule has 0 aliphatic carbocycles. The van der Waals surface area contributed by atoms with Gasteiger partial charge < -0.3 is 4.57 Å². The van der Waals surface area contributed by atoms with Crippen molar-refractivity contribution in [3.8, 4) is 0 Å². The van der Waals surface area contributed by atoms with Crippen LogP contribution in [0.1, 0.15) is 29.8 Å². The van der Waals surface area contributed by atoms with Crippen molar-refractivity contribution in [2.24, 2.45) is 0 Å². The highest BCUT2D eigenvalue weighted by Gasteiger charge is 2.12. The van der Waals surface area contributed by atoms with E-state index in [9.17, 15) is 9.18 Å². The van der Waals surface area contributed by atoms with Gasteiger partial charge in [-0.3, -0.25) is 4.79 Å². The maximum Gasteiger partial charge on any atom is 0.188 e. The molecule has 0 saturated heterocycles. The summed E-state index contributed by atoms with van der Waals surface area (Å²) < 4.78 is 15.8. The van der Waals surface area contributed by atoms with E-state index in [0.717, 1.165) is 10.9 Å². The second-order valence-corrected chi connectivity index (χ2v) is 6.21. The lowest BCUT2D eigenvalue weighted by atomic mass is 10.1. The van der Waals surface area contributed by atoms with Gasteiger partial charge in [0.15, 0.2) is 5.78 Å². The molecule has 126 valence electrons. The van der Waals surface area contributed by atoms with E-state index in [1.807, 2.05) is 30.5 Å². The number of hydrogen-bond acceptors (Lipinski definition) is 1. The van der Waals surface area contributed by atoms with Crippen molar-refractivity contribution in [1.29, 1.82) is 0 Å². The van der Waals surface area contributed by atoms with Crippen molar-refractivity contribution in [3.63, 3.8) is 0 Å². The summed E-state index contributed by atoms with van der Waals surface area (Å²) in [6, 6.07) is 14.2. The molecule has 0 amide bonds. The molecule has 0 aliphatic rings. The summed E-state index contributed by atoms with van der Waals surface area (Å²) in [4.78, 5) is 12.7. The van der Waals surface area contributed by atoms with Crippen molar-refractivity contribution >= 4 is 22.8 Å². The maximum absolute atomic E-state index is 13.7. The molecule has 0 spiro atoms. The third kappa shape index (κ3) is 3.77. The Kier molecular flexibility index (Phi) is 4.94. The molecule has 3 rings (SSSR count). The Bertz CT molecular complexity index is 975. The molecule has 3 heteroatoms. The molecule has 2 aromatic carbocycles. The minimum atomic E-state index is -0.336. The highest BCUT2D eigenvalue weighted by atomic mass is 19.1. The SMILES string of the molecule is CC(C)=CCn1cc(C(=O)/C=C/c2ccccc2F)c2ccccc21. The van der Waals surface area contributed by atoms with Crippen LogP contribution >= 0.6 is 0 Å². The molecule has 3 aromatic rings. The Morgan fingerprint density at radius 2 is 1.80 bits per heavy atom. The van der Waals surface area contributed by atoms with Crippen LogP contribution in [0.3, 0.4) is 0 Å². The monoisotopic (exact) mass is 333 g/mol. The molecule has 0 bridgehead atoms. The summed E-state index contributed by atoms with van der Waals surface area (Å²) in [5, 5.41) is 0.910. The predicted molar refractivity (Wildman–Crippen MR) is 101 cm³/mol. The molecule has 1 aromatic heterocycles. The first-order valence-electron chi connectivity index (χ1n) is 8.24. The van der Waals surface area contributed by atoms with Crippen LogP contribution in [0.4, 0.5) is 4.39 Å². The summed E-state index contributed by atoms with van der Waals surface area (Å²) >= 11 is 0. The van der Waals surface area contributed by atoms with Crippen LogP contribution in [0.2, 0.25) is 0 Å². The number of para-hydroxylation sites is 1. The van der Waals surface area contributed by atoms with Gasteiger partial charge in [-0.05, 0) is 38.1 Å². The first-order chi connectivity index (χ1) is 12.1. The Morgan fingerprint density at radius 1 is 1.08 bits per heavy atom. The summed E-state index contributed by atoms with van der Waals surface area (Å²) in [5.41, 5.74) is 3.28. The van der Waals surface area contributed by atoms with Gasteiger partial charge in [-0.2, -0.15) is 0 Å². The quantitative estimate of drug-likeness (QED) is 0.336. The maximum atomic E-state index is 13.7. The van der Waals surface area contributed by atoms with Crippen molar-refractivity contribution < 1.29 is 9.18 Å². The topological polar surface area (TPSA) is 22.0 Å². The van der Waals surface area contributed by atoms with E-state index in [-0.39, 0.29) is 11.6 Å². The summed E-state index contributed by atoms with van der Waals surface area (Å²) in [6.07, 6.45) is 6.96. The molecular formula is C22H20FNO. The Morgan fingerprint density at radius 3 is 2.56 bits per heavy atom. The molecule has 1 heterocycles.